The molecular formula is C24H29ClFN3O5. The number of carbonyl (C=O) groups is 2. The Balaban J connectivity index is 1.90. The number of nitrogens with one attached hydrogen (secondary N) is 2. The Kier molecular flexibility index (Phi) is 8.95. The highest BCUT2D eigenvalue weighted by molar-refractivity contribution is 6.30. The highest BCUT2D eigenvalue weighted by Crippen LogP contribution is 2.34. The van der Waals surface area contributed by atoms with Gasteiger partial charge in [-0.15, -0.1) is 0 Å². The number of hydrogen-bond acceptors (Lipinski definition) is 5. The van der Waals surface area contributed by atoms with Crippen molar-refractivity contribution in [3.8, 4) is 5.75 Å². The Morgan fingerprint density at radius 1 is 1.18 bits per heavy atom. The molecule has 0 atom stereocenters. The summed E-state index contributed by atoms with van der Waals surface area (Å²) in [4.78, 5) is 25.9. The standard InChI is InChI=1S/C24H29ClFN3O5/c1-15(2)13-29(17-7-9-33-10-8-17)22-6-4-18(34-14-23(30)31)12-21(22)28-24(32)27-20-5-3-16(25)11-19(20)26/h3-6,11-12,15,17H,7-10,13-14H2,1-2H3,(H,30,31)(H2,27,28,32). The van der Waals surface area contributed by atoms with E-state index in [0.717, 1.165) is 31.1 Å². The molecular weight excluding hydrogens is 465 g/mol. The summed E-state index contributed by atoms with van der Waals surface area (Å²) in [5, 5.41) is 14.4. The van der Waals surface area contributed by atoms with Crippen LogP contribution in [0.3, 0.4) is 0 Å². The third-order valence-electron chi connectivity index (χ3n) is 5.26. The first kappa shape index (κ1) is 25.6. The van der Waals surface area contributed by atoms with Gasteiger partial charge < -0.3 is 30.1 Å². The fraction of sp³-hybridized carbons (Fsp3) is 0.417. The van der Waals surface area contributed by atoms with Crippen molar-refractivity contribution in [2.24, 2.45) is 5.92 Å². The summed E-state index contributed by atoms with van der Waals surface area (Å²) in [5.74, 6) is -1.14. The summed E-state index contributed by atoms with van der Waals surface area (Å²) >= 11 is 5.79. The Morgan fingerprint density at radius 3 is 2.53 bits per heavy atom. The van der Waals surface area contributed by atoms with E-state index in [1.165, 1.54) is 12.1 Å². The lowest BCUT2D eigenvalue weighted by Gasteiger charge is -2.38. The average Bonchev–Trinajstić information content (AvgIpc) is 2.79. The van der Waals surface area contributed by atoms with Gasteiger partial charge in [0.15, 0.2) is 6.61 Å². The molecule has 0 bridgehead atoms. The minimum Gasteiger partial charge on any atom is -0.482 e. The number of hydrogen-bond donors (Lipinski definition) is 3. The maximum absolute atomic E-state index is 14.2. The van der Waals surface area contributed by atoms with Gasteiger partial charge in [0.1, 0.15) is 11.6 Å². The summed E-state index contributed by atoms with van der Waals surface area (Å²) < 4.78 is 25.0. The van der Waals surface area contributed by atoms with Crippen molar-refractivity contribution in [1.82, 2.24) is 0 Å². The van der Waals surface area contributed by atoms with Crippen LogP contribution in [0.25, 0.3) is 0 Å². The van der Waals surface area contributed by atoms with E-state index >= 15 is 0 Å². The highest BCUT2D eigenvalue weighted by atomic mass is 35.5. The number of amides is 2. The second kappa shape index (κ2) is 11.9. The molecule has 1 fully saturated rings. The SMILES string of the molecule is CC(C)CN(c1ccc(OCC(=O)O)cc1NC(=O)Nc1ccc(Cl)cc1F)C1CCOCC1. The smallest absolute Gasteiger partial charge is 0.341 e. The molecule has 0 unspecified atom stereocenters. The lowest BCUT2D eigenvalue weighted by Crippen LogP contribution is -2.42. The number of carboxylic acids is 1. The Morgan fingerprint density at radius 2 is 1.88 bits per heavy atom. The third kappa shape index (κ3) is 7.23. The predicted octanol–water partition coefficient (Wildman–Crippen LogP) is 5.23. The first-order chi connectivity index (χ1) is 16.2. The van der Waals surface area contributed by atoms with Crippen molar-refractivity contribution in [3.63, 3.8) is 0 Å². The van der Waals surface area contributed by atoms with Gasteiger partial charge in [-0.05, 0) is 49.1 Å². The number of ether oxygens (including phenoxy) is 2. The van der Waals surface area contributed by atoms with Gasteiger partial charge in [-0.25, -0.2) is 14.0 Å². The van der Waals surface area contributed by atoms with Crippen LogP contribution in [-0.2, 0) is 9.53 Å². The Labute approximate surface area is 203 Å². The molecule has 1 saturated heterocycles. The van der Waals surface area contributed by atoms with E-state index in [1.807, 2.05) is 0 Å². The van der Waals surface area contributed by atoms with Crippen LogP contribution in [0.2, 0.25) is 5.02 Å². The lowest BCUT2D eigenvalue weighted by molar-refractivity contribution is -0.139. The molecule has 0 aliphatic carbocycles. The number of benzene rings is 2. The number of anilines is 3. The maximum Gasteiger partial charge on any atom is 0.341 e. The Hall–Kier alpha value is -3.04. The van der Waals surface area contributed by atoms with Crippen LogP contribution in [0.15, 0.2) is 36.4 Å². The quantitative estimate of drug-likeness (QED) is 0.442. The van der Waals surface area contributed by atoms with E-state index in [-0.39, 0.29) is 22.5 Å². The van der Waals surface area contributed by atoms with Crippen molar-refractivity contribution in [2.45, 2.75) is 32.7 Å². The van der Waals surface area contributed by atoms with Crippen LogP contribution in [-0.4, -0.2) is 49.5 Å². The zero-order valence-corrected chi connectivity index (χ0v) is 19.9. The summed E-state index contributed by atoms with van der Waals surface area (Å²) in [5.41, 5.74) is 1.15. The molecule has 1 aliphatic rings. The molecule has 2 amide bonds. The van der Waals surface area contributed by atoms with E-state index < -0.39 is 24.4 Å². The number of halogens is 2. The minimum absolute atomic E-state index is 0.0230. The van der Waals surface area contributed by atoms with Gasteiger partial charge in [-0.1, -0.05) is 25.4 Å². The molecule has 10 heteroatoms. The van der Waals surface area contributed by atoms with Crippen molar-refractivity contribution in [3.05, 3.63) is 47.2 Å². The lowest BCUT2D eigenvalue weighted by atomic mass is 10.0. The van der Waals surface area contributed by atoms with Crippen LogP contribution in [0.5, 0.6) is 5.75 Å². The molecule has 3 rings (SSSR count). The van der Waals surface area contributed by atoms with Crippen molar-refractivity contribution < 1.29 is 28.6 Å². The normalized spacial score (nSPS) is 14.0. The molecule has 8 nitrogen and oxygen atoms in total. The first-order valence-corrected chi connectivity index (χ1v) is 11.5. The topological polar surface area (TPSA) is 100 Å². The predicted molar refractivity (Wildman–Crippen MR) is 130 cm³/mol. The molecule has 0 aromatic heterocycles. The molecule has 2 aromatic rings. The number of carbonyl (C=O) groups excluding carboxylic acids is 1. The maximum atomic E-state index is 14.2. The van der Waals surface area contributed by atoms with Crippen LogP contribution in [0, 0.1) is 11.7 Å². The van der Waals surface area contributed by atoms with Gasteiger partial charge in [0.25, 0.3) is 0 Å². The number of carboxylic acid groups (broad SMARTS) is 1. The largest absolute Gasteiger partial charge is 0.482 e. The molecule has 3 N–H and O–H groups in total. The number of rotatable bonds is 9. The monoisotopic (exact) mass is 493 g/mol. The highest BCUT2D eigenvalue weighted by Gasteiger charge is 2.25. The summed E-state index contributed by atoms with van der Waals surface area (Å²) in [7, 11) is 0. The van der Waals surface area contributed by atoms with Gasteiger partial charge in [0.05, 0.1) is 17.1 Å². The summed E-state index contributed by atoms with van der Waals surface area (Å²) in [6.07, 6.45) is 1.68. The van der Waals surface area contributed by atoms with Gasteiger partial charge >= 0.3 is 12.0 Å². The van der Waals surface area contributed by atoms with Crippen LogP contribution < -0.4 is 20.3 Å². The van der Waals surface area contributed by atoms with Crippen LogP contribution >= 0.6 is 11.6 Å². The summed E-state index contributed by atoms with van der Waals surface area (Å²) in [6.45, 7) is 5.74. The van der Waals surface area contributed by atoms with Gasteiger partial charge in [0.2, 0.25) is 0 Å². The van der Waals surface area contributed by atoms with Gasteiger partial charge in [0, 0.05) is 36.9 Å². The van der Waals surface area contributed by atoms with Gasteiger partial charge in [-0.3, -0.25) is 0 Å². The van der Waals surface area contributed by atoms with Crippen molar-refractivity contribution in [1.29, 1.82) is 0 Å². The average molecular weight is 494 g/mol. The van der Waals surface area contributed by atoms with Crippen LogP contribution in [0.1, 0.15) is 26.7 Å². The minimum atomic E-state index is -1.11. The second-order valence-electron chi connectivity index (χ2n) is 8.45. The first-order valence-electron chi connectivity index (χ1n) is 11.1. The molecule has 0 saturated carbocycles. The molecule has 0 spiro atoms. The second-order valence-corrected chi connectivity index (χ2v) is 8.89. The third-order valence-corrected chi connectivity index (χ3v) is 5.50. The molecule has 0 radical (unpaired) electrons. The molecule has 1 aliphatic heterocycles. The molecule has 184 valence electrons. The Bertz CT molecular complexity index is 1010. The van der Waals surface area contributed by atoms with Crippen LogP contribution in [0.4, 0.5) is 26.2 Å². The fourth-order valence-electron chi connectivity index (χ4n) is 3.80. The molecule has 1 heterocycles. The van der Waals surface area contributed by atoms with E-state index in [1.54, 1.807) is 18.2 Å². The summed E-state index contributed by atoms with van der Waals surface area (Å²) in [6, 6.07) is 8.55. The number of aliphatic carboxylic acids is 1. The van der Waals surface area contributed by atoms with E-state index in [4.69, 9.17) is 26.2 Å². The fourth-order valence-corrected chi connectivity index (χ4v) is 3.96. The van der Waals surface area contributed by atoms with E-state index in [9.17, 15) is 14.0 Å². The van der Waals surface area contributed by atoms with E-state index in [0.29, 0.717) is 24.8 Å². The zero-order valence-electron chi connectivity index (χ0n) is 19.1. The van der Waals surface area contributed by atoms with Gasteiger partial charge in [-0.2, -0.15) is 0 Å². The molecule has 34 heavy (non-hydrogen) atoms. The van der Waals surface area contributed by atoms with E-state index in [2.05, 4.69) is 29.4 Å². The number of nitrogens with zero attached hydrogens (tertiary/aromatic N) is 1. The zero-order chi connectivity index (χ0) is 24.7. The number of urea groups is 1. The van der Waals surface area contributed by atoms with Crippen molar-refractivity contribution in [2.75, 3.05) is 41.9 Å². The molecule has 2 aromatic carbocycles. The van der Waals surface area contributed by atoms with Crippen molar-refractivity contribution >= 4 is 40.7 Å².